The Morgan fingerprint density at radius 3 is 2.47 bits per heavy atom. The number of benzene rings is 1. The Kier molecular flexibility index (Phi) is 3.83. The van der Waals surface area contributed by atoms with Gasteiger partial charge in [0.05, 0.1) is 11.4 Å². The molecule has 1 unspecified atom stereocenters. The van der Waals surface area contributed by atoms with E-state index in [-0.39, 0.29) is 0 Å². The van der Waals surface area contributed by atoms with Crippen LogP contribution in [0.4, 0.5) is 17.1 Å². The van der Waals surface area contributed by atoms with Gasteiger partial charge in [-0.3, -0.25) is 0 Å². The van der Waals surface area contributed by atoms with Gasteiger partial charge in [0.1, 0.15) is 0 Å². The highest BCUT2D eigenvalue weighted by atomic mass is 15.1. The molecule has 3 heteroatoms. The lowest BCUT2D eigenvalue weighted by Gasteiger charge is -2.27. The second-order valence-corrected chi connectivity index (χ2v) is 4.06. The Balaban J connectivity index is 2.81. The number of hydrogen-bond donors (Lipinski definition) is 2. The fourth-order valence-electron chi connectivity index (χ4n) is 1.65. The van der Waals surface area contributed by atoms with Crippen LogP contribution in [0, 0.1) is 0 Å². The van der Waals surface area contributed by atoms with Gasteiger partial charge in [-0.15, -0.1) is 0 Å². The quantitative estimate of drug-likeness (QED) is 0.746. The fraction of sp³-hybridized carbons (Fsp3) is 0.500. The van der Waals surface area contributed by atoms with Crippen molar-refractivity contribution < 1.29 is 0 Å². The van der Waals surface area contributed by atoms with Gasteiger partial charge in [-0.2, -0.15) is 0 Å². The highest BCUT2D eigenvalue weighted by Gasteiger charge is 2.09. The van der Waals surface area contributed by atoms with Crippen molar-refractivity contribution >= 4 is 17.1 Å². The van der Waals surface area contributed by atoms with E-state index >= 15 is 0 Å². The molecule has 1 aromatic carbocycles. The van der Waals surface area contributed by atoms with Gasteiger partial charge in [0.2, 0.25) is 0 Å². The topological polar surface area (TPSA) is 55.3 Å². The molecular formula is C12H21N3. The van der Waals surface area contributed by atoms with Crippen molar-refractivity contribution in [1.29, 1.82) is 0 Å². The second kappa shape index (κ2) is 4.91. The zero-order valence-electron chi connectivity index (χ0n) is 9.83. The van der Waals surface area contributed by atoms with Gasteiger partial charge in [0.15, 0.2) is 0 Å². The van der Waals surface area contributed by atoms with E-state index in [1.54, 1.807) is 0 Å². The Labute approximate surface area is 92.1 Å². The highest BCUT2D eigenvalue weighted by Crippen LogP contribution is 2.24. The molecule has 0 heterocycles. The van der Waals surface area contributed by atoms with Crippen LogP contribution in [0.15, 0.2) is 18.2 Å². The third-order valence-electron chi connectivity index (χ3n) is 2.85. The molecule has 0 bridgehead atoms. The zero-order valence-corrected chi connectivity index (χ0v) is 9.83. The van der Waals surface area contributed by atoms with Crippen LogP contribution in [0.1, 0.15) is 26.7 Å². The number of nitrogens with two attached hydrogens (primary N) is 2. The van der Waals surface area contributed by atoms with Crippen LogP contribution in [0.5, 0.6) is 0 Å². The predicted molar refractivity (Wildman–Crippen MR) is 68.0 cm³/mol. The summed E-state index contributed by atoms with van der Waals surface area (Å²) in [6.45, 7) is 4.41. The Bertz CT molecular complexity index is 323. The normalized spacial score (nSPS) is 12.5. The Morgan fingerprint density at radius 2 is 1.93 bits per heavy atom. The first-order chi connectivity index (χ1) is 7.06. The minimum atomic E-state index is 0.526. The molecule has 15 heavy (non-hydrogen) atoms. The summed E-state index contributed by atoms with van der Waals surface area (Å²) in [5, 5.41) is 0. The summed E-state index contributed by atoms with van der Waals surface area (Å²) in [5.74, 6) is 0. The van der Waals surface area contributed by atoms with Crippen molar-refractivity contribution in [3.8, 4) is 0 Å². The molecule has 0 aliphatic carbocycles. The molecular weight excluding hydrogens is 186 g/mol. The highest BCUT2D eigenvalue weighted by molar-refractivity contribution is 5.69. The van der Waals surface area contributed by atoms with Gasteiger partial charge < -0.3 is 16.4 Å². The number of hydrogen-bond acceptors (Lipinski definition) is 3. The van der Waals surface area contributed by atoms with Gasteiger partial charge >= 0.3 is 0 Å². The summed E-state index contributed by atoms with van der Waals surface area (Å²) < 4.78 is 0. The van der Waals surface area contributed by atoms with Crippen LogP contribution in [0.25, 0.3) is 0 Å². The van der Waals surface area contributed by atoms with E-state index in [2.05, 4.69) is 25.8 Å². The summed E-state index contributed by atoms with van der Waals surface area (Å²) in [4.78, 5) is 2.24. The molecule has 0 aromatic heterocycles. The number of rotatable bonds is 4. The van der Waals surface area contributed by atoms with E-state index in [0.717, 1.165) is 5.69 Å². The summed E-state index contributed by atoms with van der Waals surface area (Å²) in [6.07, 6.45) is 2.37. The monoisotopic (exact) mass is 207 g/mol. The van der Waals surface area contributed by atoms with Gasteiger partial charge in [-0.1, -0.05) is 13.3 Å². The van der Waals surface area contributed by atoms with Crippen molar-refractivity contribution in [1.82, 2.24) is 0 Å². The number of anilines is 3. The molecule has 1 rings (SSSR count). The van der Waals surface area contributed by atoms with Crippen LogP contribution in [-0.4, -0.2) is 13.1 Å². The van der Waals surface area contributed by atoms with Gasteiger partial charge in [0, 0.05) is 18.8 Å². The van der Waals surface area contributed by atoms with Crippen molar-refractivity contribution in [2.45, 2.75) is 32.7 Å². The third kappa shape index (κ3) is 2.78. The van der Waals surface area contributed by atoms with Crippen molar-refractivity contribution in [3.63, 3.8) is 0 Å². The number of nitrogens with zero attached hydrogens (tertiary/aromatic N) is 1. The molecule has 0 aliphatic heterocycles. The maximum atomic E-state index is 5.78. The standard InChI is InChI=1S/C12H21N3/c1-4-5-9(2)15(3)10-6-7-11(13)12(14)8-10/h6-9H,4-5,13-14H2,1-3H3. The summed E-state index contributed by atoms with van der Waals surface area (Å²) in [5.41, 5.74) is 13.9. The SMILES string of the molecule is CCCC(C)N(C)c1ccc(N)c(N)c1. The van der Waals surface area contributed by atoms with Gasteiger partial charge in [-0.05, 0) is 31.5 Å². The van der Waals surface area contributed by atoms with E-state index in [1.165, 1.54) is 12.8 Å². The largest absolute Gasteiger partial charge is 0.397 e. The Hall–Kier alpha value is -1.38. The van der Waals surface area contributed by atoms with E-state index in [0.29, 0.717) is 17.4 Å². The summed E-state index contributed by atoms with van der Waals surface area (Å²) in [6, 6.07) is 6.33. The summed E-state index contributed by atoms with van der Waals surface area (Å²) >= 11 is 0. The Morgan fingerprint density at radius 1 is 1.27 bits per heavy atom. The average Bonchev–Trinajstić information content (AvgIpc) is 2.21. The van der Waals surface area contributed by atoms with Crippen molar-refractivity contribution in [2.24, 2.45) is 0 Å². The molecule has 4 N–H and O–H groups in total. The minimum absolute atomic E-state index is 0.526. The fourth-order valence-corrected chi connectivity index (χ4v) is 1.65. The van der Waals surface area contributed by atoms with E-state index in [9.17, 15) is 0 Å². The predicted octanol–water partition coefficient (Wildman–Crippen LogP) is 2.48. The lowest BCUT2D eigenvalue weighted by atomic mass is 10.1. The van der Waals surface area contributed by atoms with Crippen LogP contribution in [0.2, 0.25) is 0 Å². The molecule has 1 aromatic rings. The molecule has 84 valence electrons. The lowest BCUT2D eigenvalue weighted by Crippen LogP contribution is -2.28. The second-order valence-electron chi connectivity index (χ2n) is 4.06. The molecule has 0 amide bonds. The summed E-state index contributed by atoms with van der Waals surface area (Å²) in [7, 11) is 2.09. The first-order valence-electron chi connectivity index (χ1n) is 5.44. The average molecular weight is 207 g/mol. The molecule has 1 atom stereocenters. The lowest BCUT2D eigenvalue weighted by molar-refractivity contribution is 0.616. The van der Waals surface area contributed by atoms with Crippen LogP contribution in [-0.2, 0) is 0 Å². The number of nitrogen functional groups attached to an aromatic ring is 2. The molecule has 0 aliphatic rings. The van der Waals surface area contributed by atoms with E-state index in [4.69, 9.17) is 11.5 Å². The molecule has 0 saturated carbocycles. The third-order valence-corrected chi connectivity index (χ3v) is 2.85. The minimum Gasteiger partial charge on any atom is -0.397 e. The van der Waals surface area contributed by atoms with Gasteiger partial charge in [-0.25, -0.2) is 0 Å². The molecule has 3 nitrogen and oxygen atoms in total. The maximum absolute atomic E-state index is 5.78. The smallest absolute Gasteiger partial charge is 0.0568 e. The maximum Gasteiger partial charge on any atom is 0.0568 e. The van der Waals surface area contributed by atoms with Crippen LogP contribution in [0.3, 0.4) is 0 Å². The first kappa shape index (κ1) is 11.7. The molecule has 0 radical (unpaired) electrons. The molecule has 0 fully saturated rings. The van der Waals surface area contributed by atoms with Crippen molar-refractivity contribution in [2.75, 3.05) is 23.4 Å². The van der Waals surface area contributed by atoms with E-state index < -0.39 is 0 Å². The van der Waals surface area contributed by atoms with Crippen LogP contribution >= 0.6 is 0 Å². The molecule has 0 spiro atoms. The van der Waals surface area contributed by atoms with Crippen molar-refractivity contribution in [3.05, 3.63) is 18.2 Å². The van der Waals surface area contributed by atoms with Crippen LogP contribution < -0.4 is 16.4 Å². The molecule has 0 saturated heterocycles. The van der Waals surface area contributed by atoms with Gasteiger partial charge in [0.25, 0.3) is 0 Å². The first-order valence-corrected chi connectivity index (χ1v) is 5.44. The zero-order chi connectivity index (χ0) is 11.4. The van der Waals surface area contributed by atoms with E-state index in [1.807, 2.05) is 18.2 Å².